The summed E-state index contributed by atoms with van der Waals surface area (Å²) in [5.74, 6) is -0.490. The van der Waals surface area contributed by atoms with E-state index in [1.165, 1.54) is 44.6 Å². The maximum atomic E-state index is 12.6. The number of rotatable bonds is 7. The van der Waals surface area contributed by atoms with Gasteiger partial charge in [0, 0.05) is 17.3 Å². The first-order valence-electron chi connectivity index (χ1n) is 8.74. The number of hydrogen-bond donors (Lipinski definition) is 2. The van der Waals surface area contributed by atoms with Crippen LogP contribution in [-0.4, -0.2) is 39.0 Å². The zero-order valence-electron chi connectivity index (χ0n) is 17.2. The highest BCUT2D eigenvalue weighted by Crippen LogP contribution is 2.34. The van der Waals surface area contributed by atoms with Crippen LogP contribution < -0.4 is 19.5 Å². The molecule has 0 radical (unpaired) electrons. The highest BCUT2D eigenvalue weighted by molar-refractivity contribution is 7.89. The van der Waals surface area contributed by atoms with Crippen LogP contribution in [0, 0.1) is 10.1 Å². The fraction of sp³-hybridized carbons (Fsp3) is 0.316. The molecule has 0 atom stereocenters. The Bertz CT molecular complexity index is 1060. The van der Waals surface area contributed by atoms with Crippen LogP contribution in [0.1, 0.15) is 31.1 Å². The molecule has 162 valence electrons. The van der Waals surface area contributed by atoms with Gasteiger partial charge in [0.25, 0.3) is 11.6 Å². The van der Waals surface area contributed by atoms with Gasteiger partial charge in [-0.15, -0.1) is 0 Å². The van der Waals surface area contributed by atoms with E-state index >= 15 is 0 Å². The van der Waals surface area contributed by atoms with Crippen LogP contribution in [0.25, 0.3) is 0 Å². The second-order valence-corrected chi connectivity index (χ2v) is 9.00. The Morgan fingerprint density at radius 3 is 2.03 bits per heavy atom. The SMILES string of the molecule is COc1cc(C(=O)Nc2ccc(S(=O)(=O)NC(C)(C)C)cc2)c([N+](=O)[O-])cc1OC. The third-order valence-corrected chi connectivity index (χ3v) is 5.58. The number of benzene rings is 2. The number of methoxy groups -OCH3 is 2. The lowest BCUT2D eigenvalue weighted by Gasteiger charge is -2.20. The van der Waals surface area contributed by atoms with Crippen molar-refractivity contribution in [3.8, 4) is 11.5 Å². The summed E-state index contributed by atoms with van der Waals surface area (Å²) in [7, 11) is -1.06. The maximum absolute atomic E-state index is 12.6. The van der Waals surface area contributed by atoms with Crippen molar-refractivity contribution < 1.29 is 27.6 Å². The van der Waals surface area contributed by atoms with Crippen molar-refractivity contribution in [2.45, 2.75) is 31.2 Å². The van der Waals surface area contributed by atoms with Gasteiger partial charge in [-0.3, -0.25) is 14.9 Å². The summed E-state index contributed by atoms with van der Waals surface area (Å²) in [6, 6.07) is 7.74. The average molecular weight is 437 g/mol. The van der Waals surface area contributed by atoms with Crippen molar-refractivity contribution in [1.82, 2.24) is 4.72 Å². The molecule has 11 heteroatoms. The van der Waals surface area contributed by atoms with Crippen molar-refractivity contribution in [1.29, 1.82) is 0 Å². The van der Waals surface area contributed by atoms with Crippen molar-refractivity contribution >= 4 is 27.3 Å². The van der Waals surface area contributed by atoms with Crippen molar-refractivity contribution in [3.05, 3.63) is 52.1 Å². The fourth-order valence-corrected chi connectivity index (χ4v) is 4.00. The highest BCUT2D eigenvalue weighted by atomic mass is 32.2. The molecule has 0 aliphatic carbocycles. The van der Waals surface area contributed by atoms with E-state index in [0.29, 0.717) is 0 Å². The normalized spacial score (nSPS) is 11.6. The van der Waals surface area contributed by atoms with E-state index in [1.807, 2.05) is 0 Å². The Morgan fingerprint density at radius 2 is 1.57 bits per heavy atom. The molecule has 0 saturated heterocycles. The predicted molar refractivity (Wildman–Crippen MR) is 111 cm³/mol. The van der Waals surface area contributed by atoms with Crippen LogP contribution in [0.4, 0.5) is 11.4 Å². The van der Waals surface area contributed by atoms with Crippen molar-refractivity contribution in [2.75, 3.05) is 19.5 Å². The van der Waals surface area contributed by atoms with Crippen molar-refractivity contribution in [3.63, 3.8) is 0 Å². The number of nitro groups is 1. The van der Waals surface area contributed by atoms with Gasteiger partial charge in [0.15, 0.2) is 11.5 Å². The number of nitro benzene ring substituents is 1. The average Bonchev–Trinajstić information content (AvgIpc) is 2.65. The van der Waals surface area contributed by atoms with Gasteiger partial charge in [-0.2, -0.15) is 0 Å². The highest BCUT2D eigenvalue weighted by Gasteiger charge is 2.25. The van der Waals surface area contributed by atoms with Gasteiger partial charge >= 0.3 is 0 Å². The van der Waals surface area contributed by atoms with Crippen LogP contribution in [0.15, 0.2) is 41.3 Å². The molecule has 1 amide bonds. The Balaban J connectivity index is 2.31. The smallest absolute Gasteiger partial charge is 0.286 e. The van der Waals surface area contributed by atoms with E-state index in [1.54, 1.807) is 20.8 Å². The van der Waals surface area contributed by atoms with Gasteiger partial charge in [-0.25, -0.2) is 13.1 Å². The number of carbonyl (C=O) groups is 1. The van der Waals surface area contributed by atoms with Gasteiger partial charge in [0.2, 0.25) is 10.0 Å². The zero-order valence-corrected chi connectivity index (χ0v) is 18.0. The molecule has 0 unspecified atom stereocenters. The van der Waals surface area contributed by atoms with E-state index in [9.17, 15) is 23.3 Å². The summed E-state index contributed by atoms with van der Waals surface area (Å²) in [6.07, 6.45) is 0. The molecular formula is C19H23N3O7S. The number of sulfonamides is 1. The monoisotopic (exact) mass is 437 g/mol. The molecule has 0 aromatic heterocycles. The van der Waals surface area contributed by atoms with E-state index in [2.05, 4.69) is 10.0 Å². The second-order valence-electron chi connectivity index (χ2n) is 7.32. The topological polar surface area (TPSA) is 137 Å². The standard InChI is InChI=1S/C19H23N3O7S/c1-19(2,3)21-30(26,27)13-8-6-12(7-9-13)20-18(23)14-10-16(28-4)17(29-5)11-15(14)22(24)25/h6-11,21H,1-5H3,(H,20,23). The zero-order chi connectivity index (χ0) is 22.7. The van der Waals surface area contributed by atoms with Crippen LogP contribution in [0.5, 0.6) is 11.5 Å². The number of nitrogens with zero attached hydrogens (tertiary/aromatic N) is 1. The Labute approximate surface area is 174 Å². The van der Waals surface area contributed by atoms with E-state index in [4.69, 9.17) is 9.47 Å². The van der Waals surface area contributed by atoms with Crippen LogP contribution in [-0.2, 0) is 10.0 Å². The molecule has 2 aromatic carbocycles. The summed E-state index contributed by atoms with van der Waals surface area (Å²) in [5, 5.41) is 13.9. The molecule has 2 rings (SSSR count). The first-order valence-corrected chi connectivity index (χ1v) is 10.2. The molecule has 2 N–H and O–H groups in total. The summed E-state index contributed by atoms with van der Waals surface area (Å²) < 4.78 is 37.4. The van der Waals surface area contributed by atoms with E-state index in [-0.39, 0.29) is 27.6 Å². The van der Waals surface area contributed by atoms with Gasteiger partial charge < -0.3 is 14.8 Å². The molecule has 0 spiro atoms. The van der Waals surface area contributed by atoms with Gasteiger partial charge in [-0.05, 0) is 45.0 Å². The number of hydrogen-bond acceptors (Lipinski definition) is 7. The van der Waals surface area contributed by atoms with E-state index < -0.39 is 32.1 Å². The Kier molecular flexibility index (Phi) is 6.68. The third-order valence-electron chi connectivity index (χ3n) is 3.81. The summed E-state index contributed by atoms with van der Waals surface area (Å²) in [5.41, 5.74) is -1.08. The van der Waals surface area contributed by atoms with Crippen molar-refractivity contribution in [2.24, 2.45) is 0 Å². The molecule has 0 aliphatic heterocycles. The molecule has 10 nitrogen and oxygen atoms in total. The second kappa shape index (κ2) is 8.67. The number of amides is 1. The van der Waals surface area contributed by atoms with E-state index in [0.717, 1.165) is 6.07 Å². The lowest BCUT2D eigenvalue weighted by atomic mass is 10.1. The fourth-order valence-electron chi connectivity index (χ4n) is 2.58. The lowest BCUT2D eigenvalue weighted by Crippen LogP contribution is -2.40. The molecule has 2 aromatic rings. The summed E-state index contributed by atoms with van der Waals surface area (Å²) >= 11 is 0. The Hall–Kier alpha value is -3.18. The Morgan fingerprint density at radius 1 is 1.03 bits per heavy atom. The predicted octanol–water partition coefficient (Wildman–Crippen LogP) is 2.94. The quantitative estimate of drug-likeness (QED) is 0.502. The maximum Gasteiger partial charge on any atom is 0.286 e. The van der Waals surface area contributed by atoms with Crippen LogP contribution in [0.3, 0.4) is 0 Å². The number of carbonyl (C=O) groups excluding carboxylic acids is 1. The minimum Gasteiger partial charge on any atom is -0.493 e. The molecule has 30 heavy (non-hydrogen) atoms. The minimum atomic E-state index is -3.73. The molecule has 0 fully saturated rings. The number of anilines is 1. The van der Waals surface area contributed by atoms with Gasteiger partial charge in [0.05, 0.1) is 30.1 Å². The first-order chi connectivity index (χ1) is 13.9. The molecule has 0 heterocycles. The molecule has 0 bridgehead atoms. The first kappa shape index (κ1) is 23.1. The minimum absolute atomic E-state index is 0.0209. The number of ether oxygens (including phenoxy) is 2. The molecular weight excluding hydrogens is 414 g/mol. The largest absolute Gasteiger partial charge is 0.493 e. The molecule has 0 saturated carbocycles. The third kappa shape index (κ3) is 5.45. The van der Waals surface area contributed by atoms with Crippen LogP contribution >= 0.6 is 0 Å². The van der Waals surface area contributed by atoms with Crippen LogP contribution in [0.2, 0.25) is 0 Å². The van der Waals surface area contributed by atoms with Gasteiger partial charge in [-0.1, -0.05) is 0 Å². The van der Waals surface area contributed by atoms with Gasteiger partial charge in [0.1, 0.15) is 5.56 Å². The molecule has 0 aliphatic rings. The lowest BCUT2D eigenvalue weighted by molar-refractivity contribution is -0.385. The number of nitrogens with one attached hydrogen (secondary N) is 2. The summed E-state index contributed by atoms with van der Waals surface area (Å²) in [6.45, 7) is 5.15. The summed E-state index contributed by atoms with van der Waals surface area (Å²) in [4.78, 5) is 23.3.